The third-order valence-corrected chi connectivity index (χ3v) is 5.02. The lowest BCUT2D eigenvalue weighted by atomic mass is 10.1. The molecule has 0 aliphatic carbocycles. The molecule has 11 nitrogen and oxygen atoms in total. The van der Waals surface area contributed by atoms with Gasteiger partial charge in [-0.3, -0.25) is 14.9 Å². The largest absolute Gasteiger partial charge is 0.457 e. The molecule has 1 unspecified atom stereocenters. The number of ether oxygens (including phenoxy) is 1. The quantitative estimate of drug-likeness (QED) is 0.356. The van der Waals surface area contributed by atoms with Crippen molar-refractivity contribution in [3.05, 3.63) is 79.0 Å². The van der Waals surface area contributed by atoms with Crippen molar-refractivity contribution in [3.63, 3.8) is 0 Å². The van der Waals surface area contributed by atoms with E-state index in [0.717, 1.165) is 5.56 Å². The average Bonchev–Trinajstić information content (AvgIpc) is 3.10. The van der Waals surface area contributed by atoms with Gasteiger partial charge in [-0.15, -0.1) is 0 Å². The minimum Gasteiger partial charge on any atom is -0.457 e. The Morgan fingerprint density at radius 2 is 1.88 bits per heavy atom. The molecule has 172 valence electrons. The van der Waals surface area contributed by atoms with Crippen molar-refractivity contribution >= 4 is 34.7 Å². The third kappa shape index (κ3) is 5.83. The molecule has 0 bridgehead atoms. The fourth-order valence-corrected chi connectivity index (χ4v) is 3.28. The fourth-order valence-electron chi connectivity index (χ4n) is 3.05. The van der Waals surface area contributed by atoms with Gasteiger partial charge in [0, 0.05) is 17.2 Å². The summed E-state index contributed by atoms with van der Waals surface area (Å²) in [5.41, 5.74) is 1.18. The third-order valence-electron chi connectivity index (χ3n) is 4.78. The summed E-state index contributed by atoms with van der Waals surface area (Å²) >= 11 is 5.95. The van der Waals surface area contributed by atoms with Gasteiger partial charge in [0.15, 0.2) is 0 Å². The van der Waals surface area contributed by atoms with Crippen LogP contribution in [0.15, 0.2) is 42.5 Å². The number of rotatable bonds is 8. The van der Waals surface area contributed by atoms with Crippen LogP contribution >= 0.6 is 11.6 Å². The van der Waals surface area contributed by atoms with Crippen LogP contribution < -0.4 is 10.1 Å². The van der Waals surface area contributed by atoms with Crippen molar-refractivity contribution in [1.82, 2.24) is 9.78 Å². The van der Waals surface area contributed by atoms with E-state index in [1.807, 2.05) is 0 Å². The summed E-state index contributed by atoms with van der Waals surface area (Å²) in [6.07, 6.45) is 0. The Balaban J connectivity index is 1.79. The van der Waals surface area contributed by atoms with E-state index in [4.69, 9.17) is 16.3 Å². The normalized spacial score (nSPS) is 11.6. The summed E-state index contributed by atoms with van der Waals surface area (Å²) in [4.78, 5) is 33.8. The van der Waals surface area contributed by atoms with E-state index in [2.05, 4.69) is 10.4 Å². The molecule has 2 aromatic carbocycles. The first-order chi connectivity index (χ1) is 15.5. The molecule has 3 aromatic rings. The van der Waals surface area contributed by atoms with Gasteiger partial charge in [-0.25, -0.2) is 0 Å². The Hall–Kier alpha value is -3.99. The fraction of sp³-hybridized carbons (Fsp3) is 0.238. The summed E-state index contributed by atoms with van der Waals surface area (Å²) < 4.78 is 7.15. The first-order valence-electron chi connectivity index (χ1n) is 9.76. The highest BCUT2D eigenvalue weighted by Crippen LogP contribution is 2.32. The Kier molecular flexibility index (Phi) is 6.92. The van der Waals surface area contributed by atoms with E-state index in [0.29, 0.717) is 16.5 Å². The summed E-state index contributed by atoms with van der Waals surface area (Å²) in [5.74, 6) is -0.762. The second-order valence-corrected chi connectivity index (χ2v) is 7.89. The number of amides is 1. The average molecular weight is 474 g/mol. The van der Waals surface area contributed by atoms with E-state index in [-0.39, 0.29) is 29.5 Å². The van der Waals surface area contributed by atoms with Gasteiger partial charge in [-0.2, -0.15) is 4.68 Å². The first-order valence-corrected chi connectivity index (χ1v) is 10.1. The lowest BCUT2D eigenvalue weighted by Crippen LogP contribution is -2.25. The summed E-state index contributed by atoms with van der Waals surface area (Å²) in [6.45, 7) is 5.14. The van der Waals surface area contributed by atoms with Crippen LogP contribution in [0.25, 0.3) is 0 Å². The SMILES string of the molecule is Cc1cc(Cl)ccc1Oc1cc(NC(=O)C(C)Cn2nc([N+](=O)[O-])cc2C)cc([N+](=O)[O-])c1. The first kappa shape index (κ1) is 23.7. The van der Waals surface area contributed by atoms with E-state index in [1.54, 1.807) is 39.0 Å². The highest BCUT2D eigenvalue weighted by molar-refractivity contribution is 6.30. The number of aromatic nitrogens is 2. The molecular weight excluding hydrogens is 454 g/mol. The van der Waals surface area contributed by atoms with Gasteiger partial charge in [0.1, 0.15) is 11.5 Å². The lowest BCUT2D eigenvalue weighted by Gasteiger charge is -2.14. The van der Waals surface area contributed by atoms with Crippen LogP contribution in [0, 0.1) is 40.0 Å². The number of hydrogen-bond donors (Lipinski definition) is 1. The number of non-ortho nitro benzene ring substituents is 1. The van der Waals surface area contributed by atoms with Crippen molar-refractivity contribution in [2.24, 2.45) is 5.92 Å². The molecule has 0 aliphatic heterocycles. The topological polar surface area (TPSA) is 142 Å². The van der Waals surface area contributed by atoms with Crippen LogP contribution in [0.4, 0.5) is 17.2 Å². The molecule has 1 N–H and O–H groups in total. The number of nitrogens with one attached hydrogen (secondary N) is 1. The zero-order valence-corrected chi connectivity index (χ0v) is 18.7. The van der Waals surface area contributed by atoms with Crippen molar-refractivity contribution in [3.8, 4) is 11.5 Å². The number of halogens is 1. The van der Waals surface area contributed by atoms with Gasteiger partial charge < -0.3 is 20.2 Å². The Morgan fingerprint density at radius 1 is 1.15 bits per heavy atom. The maximum atomic E-state index is 12.7. The highest BCUT2D eigenvalue weighted by Gasteiger charge is 2.22. The van der Waals surface area contributed by atoms with Gasteiger partial charge >= 0.3 is 5.82 Å². The van der Waals surface area contributed by atoms with Crippen LogP contribution in [0.2, 0.25) is 5.02 Å². The van der Waals surface area contributed by atoms with Crippen molar-refractivity contribution in [2.45, 2.75) is 27.3 Å². The minimum atomic E-state index is -0.634. The van der Waals surface area contributed by atoms with E-state index >= 15 is 0 Å². The molecule has 0 saturated carbocycles. The van der Waals surface area contributed by atoms with Crippen molar-refractivity contribution < 1.29 is 19.4 Å². The van der Waals surface area contributed by atoms with Gasteiger partial charge in [0.2, 0.25) is 5.91 Å². The van der Waals surface area contributed by atoms with Crippen LogP contribution in [-0.4, -0.2) is 25.5 Å². The molecule has 0 radical (unpaired) electrons. The van der Waals surface area contributed by atoms with Gasteiger partial charge in [0.05, 0.1) is 46.0 Å². The molecule has 1 atom stereocenters. The predicted octanol–water partition coefficient (Wildman–Crippen LogP) is 5.04. The molecule has 0 saturated heterocycles. The number of nitro groups is 2. The van der Waals surface area contributed by atoms with Crippen LogP contribution in [0.5, 0.6) is 11.5 Å². The molecule has 0 fully saturated rings. The second-order valence-electron chi connectivity index (χ2n) is 7.46. The summed E-state index contributed by atoms with van der Waals surface area (Å²) in [5, 5.41) is 29.3. The Bertz CT molecular complexity index is 1240. The Labute approximate surface area is 193 Å². The zero-order valence-electron chi connectivity index (χ0n) is 17.9. The van der Waals surface area contributed by atoms with E-state index in [1.165, 1.54) is 28.9 Å². The molecule has 33 heavy (non-hydrogen) atoms. The van der Waals surface area contributed by atoms with Crippen LogP contribution in [-0.2, 0) is 11.3 Å². The molecule has 1 aromatic heterocycles. The molecule has 0 spiro atoms. The predicted molar refractivity (Wildman–Crippen MR) is 121 cm³/mol. The van der Waals surface area contributed by atoms with Gasteiger partial charge in [0.25, 0.3) is 5.69 Å². The molecule has 3 rings (SSSR count). The highest BCUT2D eigenvalue weighted by atomic mass is 35.5. The van der Waals surface area contributed by atoms with E-state index in [9.17, 15) is 25.0 Å². The number of hydrogen-bond acceptors (Lipinski definition) is 7. The smallest absolute Gasteiger partial charge is 0.390 e. The zero-order chi connectivity index (χ0) is 24.3. The summed E-state index contributed by atoms with van der Waals surface area (Å²) in [7, 11) is 0. The van der Waals surface area contributed by atoms with Gasteiger partial charge in [-0.05, 0) is 42.5 Å². The molecule has 1 heterocycles. The standard InChI is InChI=1S/C21H20ClN5O6/c1-12-6-15(22)4-5-19(12)33-18-9-16(8-17(10-18)26(29)30)23-21(28)13(2)11-25-14(3)7-20(24-25)27(31)32/h4-10,13H,11H2,1-3H3,(H,23,28). The van der Waals surface area contributed by atoms with Crippen LogP contribution in [0.3, 0.4) is 0 Å². The number of aryl methyl sites for hydroxylation is 2. The second kappa shape index (κ2) is 9.65. The number of nitro benzene ring substituents is 1. The number of carbonyl (C=O) groups is 1. The monoisotopic (exact) mass is 473 g/mol. The molecule has 12 heteroatoms. The molecular formula is C21H20ClN5O6. The van der Waals surface area contributed by atoms with Crippen LogP contribution in [0.1, 0.15) is 18.2 Å². The van der Waals surface area contributed by atoms with Gasteiger partial charge in [-0.1, -0.05) is 18.5 Å². The Morgan fingerprint density at radius 3 is 2.48 bits per heavy atom. The number of nitrogens with zero attached hydrogens (tertiary/aromatic N) is 4. The van der Waals surface area contributed by atoms with E-state index < -0.39 is 21.7 Å². The minimum absolute atomic E-state index is 0.0910. The summed E-state index contributed by atoms with van der Waals surface area (Å²) in [6, 6.07) is 10.2. The molecule has 0 aliphatic rings. The van der Waals surface area contributed by atoms with Crippen molar-refractivity contribution in [2.75, 3.05) is 5.32 Å². The van der Waals surface area contributed by atoms with Crippen molar-refractivity contribution in [1.29, 1.82) is 0 Å². The lowest BCUT2D eigenvalue weighted by molar-refractivity contribution is -0.389. The number of carbonyl (C=O) groups excluding carboxylic acids is 1. The number of benzene rings is 2. The number of anilines is 1. The molecule has 1 amide bonds. The maximum absolute atomic E-state index is 12.7. The maximum Gasteiger partial charge on any atom is 0.390 e.